The third-order valence-corrected chi connectivity index (χ3v) is 2.95. The van der Waals surface area contributed by atoms with Crippen LogP contribution in [0.25, 0.3) is 0 Å². The van der Waals surface area contributed by atoms with Crippen molar-refractivity contribution >= 4 is 23.3 Å². The number of carbonyl (C=O) groups is 1. The molecule has 1 unspecified atom stereocenters. The molecule has 0 aromatic heterocycles. The standard InChI is InChI=1S/C9H9F9N2O2S/c1-19-5(23)20-2-3(4(21)22)6(10,11)7(12,13)8(14,15)9(16,17)18/h3H,2H2,1H3,(H,21,22)(H2,19,20,23). The SMILES string of the molecule is CNC(=S)NCC(C(=O)O)C(F)(F)C(F)(F)C(F)(F)C(F)(F)F. The maximum Gasteiger partial charge on any atom is 0.460 e. The van der Waals surface area contributed by atoms with Gasteiger partial charge < -0.3 is 15.7 Å². The Morgan fingerprint density at radius 2 is 1.48 bits per heavy atom. The van der Waals surface area contributed by atoms with Crippen LogP contribution in [0.4, 0.5) is 39.5 Å². The molecule has 4 nitrogen and oxygen atoms in total. The molecule has 23 heavy (non-hydrogen) atoms. The molecule has 0 spiro atoms. The molecule has 0 amide bonds. The molecule has 0 aliphatic heterocycles. The first kappa shape index (κ1) is 21.5. The van der Waals surface area contributed by atoms with E-state index in [-0.39, 0.29) is 0 Å². The number of hydrogen-bond acceptors (Lipinski definition) is 2. The van der Waals surface area contributed by atoms with E-state index in [9.17, 15) is 44.3 Å². The molecule has 1 atom stereocenters. The normalized spacial score (nSPS) is 15.0. The van der Waals surface area contributed by atoms with E-state index in [1.54, 1.807) is 5.32 Å². The summed E-state index contributed by atoms with van der Waals surface area (Å²) in [5.74, 6) is -26.7. The van der Waals surface area contributed by atoms with Crippen molar-refractivity contribution in [3.8, 4) is 0 Å². The average Bonchev–Trinajstić information content (AvgIpc) is 2.35. The summed E-state index contributed by atoms with van der Waals surface area (Å²) in [5.41, 5.74) is 0. The summed E-state index contributed by atoms with van der Waals surface area (Å²) < 4.78 is 114. The number of aliphatic carboxylic acids is 1. The van der Waals surface area contributed by atoms with Crippen molar-refractivity contribution in [2.24, 2.45) is 5.92 Å². The lowest BCUT2D eigenvalue weighted by Crippen LogP contribution is -2.65. The Morgan fingerprint density at radius 1 is 1.04 bits per heavy atom. The quantitative estimate of drug-likeness (QED) is 0.488. The van der Waals surface area contributed by atoms with E-state index in [2.05, 4.69) is 17.5 Å². The van der Waals surface area contributed by atoms with Gasteiger partial charge in [0, 0.05) is 13.6 Å². The summed E-state index contributed by atoms with van der Waals surface area (Å²) in [5, 5.41) is 11.7. The summed E-state index contributed by atoms with van der Waals surface area (Å²) in [4.78, 5) is 10.6. The van der Waals surface area contributed by atoms with Gasteiger partial charge in [0.05, 0.1) is 0 Å². The number of rotatable bonds is 6. The minimum absolute atomic E-state index is 0.516. The van der Waals surface area contributed by atoms with Gasteiger partial charge in [-0.2, -0.15) is 39.5 Å². The Balaban J connectivity index is 5.77. The van der Waals surface area contributed by atoms with Crippen molar-refractivity contribution in [1.82, 2.24) is 10.6 Å². The van der Waals surface area contributed by atoms with Crippen molar-refractivity contribution in [1.29, 1.82) is 0 Å². The number of carboxylic acid groups (broad SMARTS) is 1. The first-order valence-corrected chi connectivity index (χ1v) is 5.83. The number of halogens is 9. The first-order valence-electron chi connectivity index (χ1n) is 5.42. The summed E-state index contributed by atoms with van der Waals surface area (Å²) in [6.07, 6.45) is -7.02. The van der Waals surface area contributed by atoms with Crippen molar-refractivity contribution in [3.63, 3.8) is 0 Å². The highest BCUT2D eigenvalue weighted by Gasteiger charge is 2.83. The van der Waals surface area contributed by atoms with E-state index in [1.807, 2.05) is 0 Å². The van der Waals surface area contributed by atoms with Crippen LogP contribution in [0.15, 0.2) is 0 Å². The third kappa shape index (κ3) is 3.90. The van der Waals surface area contributed by atoms with Crippen LogP contribution >= 0.6 is 12.2 Å². The van der Waals surface area contributed by atoms with Gasteiger partial charge in [-0.05, 0) is 12.2 Å². The van der Waals surface area contributed by atoms with E-state index in [0.29, 0.717) is 0 Å². The zero-order chi connectivity index (χ0) is 18.9. The van der Waals surface area contributed by atoms with Crippen molar-refractivity contribution < 1.29 is 49.4 Å². The fourth-order valence-corrected chi connectivity index (χ4v) is 1.34. The number of hydrogen-bond donors (Lipinski definition) is 3. The van der Waals surface area contributed by atoms with E-state index < -0.39 is 47.5 Å². The van der Waals surface area contributed by atoms with Gasteiger partial charge in [0.1, 0.15) is 5.92 Å². The molecule has 0 aliphatic carbocycles. The van der Waals surface area contributed by atoms with E-state index in [0.717, 1.165) is 7.05 Å². The van der Waals surface area contributed by atoms with Crippen LogP contribution < -0.4 is 10.6 Å². The molecule has 0 heterocycles. The highest BCUT2D eigenvalue weighted by molar-refractivity contribution is 7.80. The monoisotopic (exact) mass is 380 g/mol. The first-order chi connectivity index (χ1) is 10.0. The lowest BCUT2D eigenvalue weighted by Gasteiger charge is -2.36. The fourth-order valence-electron chi connectivity index (χ4n) is 1.26. The van der Waals surface area contributed by atoms with E-state index >= 15 is 0 Å². The van der Waals surface area contributed by atoms with Crippen LogP contribution in [0.3, 0.4) is 0 Å². The molecule has 0 aliphatic rings. The highest BCUT2D eigenvalue weighted by atomic mass is 32.1. The minimum Gasteiger partial charge on any atom is -0.481 e. The predicted octanol–water partition coefficient (Wildman–Crippen LogP) is 2.25. The third-order valence-electron chi connectivity index (χ3n) is 2.60. The van der Waals surface area contributed by atoms with Crippen molar-refractivity contribution in [3.05, 3.63) is 0 Å². The molecule has 14 heteroatoms. The van der Waals surface area contributed by atoms with Crippen LogP contribution in [0.1, 0.15) is 0 Å². The summed E-state index contributed by atoms with van der Waals surface area (Å²) >= 11 is 4.33. The zero-order valence-electron chi connectivity index (χ0n) is 10.9. The Bertz CT molecular complexity index is 466. The number of alkyl halides is 9. The molecule has 136 valence electrons. The summed E-state index contributed by atoms with van der Waals surface area (Å²) in [6, 6.07) is 0. The zero-order valence-corrected chi connectivity index (χ0v) is 11.8. The van der Waals surface area contributed by atoms with Gasteiger partial charge in [-0.25, -0.2) is 0 Å². The van der Waals surface area contributed by atoms with Gasteiger partial charge in [0.25, 0.3) is 0 Å². The maximum absolute atomic E-state index is 13.5. The molecule has 0 saturated carbocycles. The number of nitrogens with one attached hydrogen (secondary N) is 2. The van der Waals surface area contributed by atoms with Crippen molar-refractivity contribution in [2.75, 3.05) is 13.6 Å². The Morgan fingerprint density at radius 3 is 1.78 bits per heavy atom. The van der Waals surface area contributed by atoms with Crippen LogP contribution in [0, 0.1) is 5.92 Å². The molecule has 0 saturated heterocycles. The number of carboxylic acids is 1. The molecule has 0 aromatic carbocycles. The van der Waals surface area contributed by atoms with Gasteiger partial charge in [-0.3, -0.25) is 4.79 Å². The van der Waals surface area contributed by atoms with Gasteiger partial charge in [-0.15, -0.1) is 0 Å². The fraction of sp³-hybridized carbons (Fsp3) is 0.778. The number of thiocarbonyl (C=S) groups is 1. The second-order valence-electron chi connectivity index (χ2n) is 4.12. The molecular formula is C9H9F9N2O2S. The van der Waals surface area contributed by atoms with Crippen LogP contribution in [-0.4, -0.2) is 53.7 Å². The van der Waals surface area contributed by atoms with E-state index in [1.165, 1.54) is 0 Å². The Kier molecular flexibility index (Phi) is 6.15. The molecule has 0 bridgehead atoms. The second-order valence-corrected chi connectivity index (χ2v) is 4.53. The topological polar surface area (TPSA) is 61.4 Å². The van der Waals surface area contributed by atoms with Crippen LogP contribution in [-0.2, 0) is 4.79 Å². The minimum atomic E-state index is -7.15. The maximum atomic E-state index is 13.5. The van der Waals surface area contributed by atoms with Crippen molar-refractivity contribution in [2.45, 2.75) is 23.9 Å². The van der Waals surface area contributed by atoms with Gasteiger partial charge in [-0.1, -0.05) is 0 Å². The van der Waals surface area contributed by atoms with Gasteiger partial charge in [0.15, 0.2) is 5.11 Å². The molecular weight excluding hydrogens is 371 g/mol. The molecule has 3 N–H and O–H groups in total. The highest BCUT2D eigenvalue weighted by Crippen LogP contribution is 2.55. The Hall–Kier alpha value is -1.47. The smallest absolute Gasteiger partial charge is 0.460 e. The lowest BCUT2D eigenvalue weighted by molar-refractivity contribution is -0.401. The average molecular weight is 380 g/mol. The molecule has 0 radical (unpaired) electrons. The van der Waals surface area contributed by atoms with Gasteiger partial charge >= 0.3 is 29.9 Å². The summed E-state index contributed by atoms with van der Waals surface area (Å²) in [7, 11) is 1.12. The summed E-state index contributed by atoms with van der Waals surface area (Å²) in [6.45, 7) is -1.62. The molecule has 0 aromatic rings. The predicted molar refractivity (Wildman–Crippen MR) is 61.7 cm³/mol. The van der Waals surface area contributed by atoms with Crippen LogP contribution in [0.5, 0.6) is 0 Å². The largest absolute Gasteiger partial charge is 0.481 e. The lowest BCUT2D eigenvalue weighted by atomic mass is 9.91. The van der Waals surface area contributed by atoms with Crippen LogP contribution in [0.2, 0.25) is 0 Å². The van der Waals surface area contributed by atoms with Gasteiger partial charge in [0.2, 0.25) is 0 Å². The van der Waals surface area contributed by atoms with E-state index in [4.69, 9.17) is 5.11 Å². The molecule has 0 rings (SSSR count). The Labute approximate surface area is 128 Å². The second kappa shape index (κ2) is 6.57. The molecule has 0 fully saturated rings.